The third-order valence-corrected chi connectivity index (χ3v) is 2.94. The van der Waals surface area contributed by atoms with E-state index in [9.17, 15) is 0 Å². The van der Waals surface area contributed by atoms with Gasteiger partial charge in [-0.05, 0) is 48.9 Å². The molecule has 0 N–H and O–H groups in total. The molecule has 2 aliphatic heterocycles. The van der Waals surface area contributed by atoms with Crippen molar-refractivity contribution in [3.05, 3.63) is 23.3 Å². The van der Waals surface area contributed by atoms with Gasteiger partial charge in [0, 0.05) is 0 Å². The summed E-state index contributed by atoms with van der Waals surface area (Å²) in [5.74, 6) is 2.17. The van der Waals surface area contributed by atoms with Crippen LogP contribution in [0.25, 0.3) is 0 Å². The van der Waals surface area contributed by atoms with E-state index in [2.05, 4.69) is 12.1 Å². The highest BCUT2D eigenvalue weighted by molar-refractivity contribution is 5.48. The predicted molar refractivity (Wildman–Crippen MR) is 54.1 cm³/mol. The molecule has 0 fully saturated rings. The largest absolute Gasteiger partial charge is 0.493 e. The van der Waals surface area contributed by atoms with Crippen molar-refractivity contribution in [3.63, 3.8) is 0 Å². The van der Waals surface area contributed by atoms with Gasteiger partial charge in [0.2, 0.25) is 0 Å². The third-order valence-electron chi connectivity index (χ3n) is 2.94. The molecule has 0 saturated carbocycles. The Bertz CT molecular complexity index is 291. The fourth-order valence-corrected chi connectivity index (χ4v) is 2.19. The second-order valence-corrected chi connectivity index (χ2v) is 3.97. The van der Waals surface area contributed by atoms with Crippen molar-refractivity contribution in [1.29, 1.82) is 0 Å². The summed E-state index contributed by atoms with van der Waals surface area (Å²) < 4.78 is 11.3. The van der Waals surface area contributed by atoms with Gasteiger partial charge in [0.1, 0.15) is 11.5 Å². The molecule has 0 amide bonds. The Morgan fingerprint density at radius 3 is 1.79 bits per heavy atom. The van der Waals surface area contributed by atoms with Crippen molar-refractivity contribution >= 4 is 0 Å². The van der Waals surface area contributed by atoms with Crippen LogP contribution < -0.4 is 9.47 Å². The van der Waals surface area contributed by atoms with E-state index in [1.165, 1.54) is 11.1 Å². The zero-order chi connectivity index (χ0) is 9.38. The number of hydrogen-bond acceptors (Lipinski definition) is 2. The van der Waals surface area contributed by atoms with Gasteiger partial charge in [0.05, 0.1) is 13.2 Å². The lowest BCUT2D eigenvalue weighted by Gasteiger charge is -2.23. The molecule has 0 aliphatic carbocycles. The van der Waals surface area contributed by atoms with Gasteiger partial charge in [-0.25, -0.2) is 0 Å². The lowest BCUT2D eigenvalue weighted by molar-refractivity contribution is 0.273. The average molecular weight is 190 g/mol. The minimum atomic E-state index is 0.868. The van der Waals surface area contributed by atoms with E-state index in [-0.39, 0.29) is 0 Å². The second-order valence-electron chi connectivity index (χ2n) is 3.97. The van der Waals surface area contributed by atoms with Crippen LogP contribution in [-0.4, -0.2) is 13.2 Å². The molecule has 2 aliphatic rings. The van der Waals surface area contributed by atoms with Crippen molar-refractivity contribution in [2.24, 2.45) is 0 Å². The molecular weight excluding hydrogens is 176 g/mol. The van der Waals surface area contributed by atoms with E-state index in [0.717, 1.165) is 50.4 Å². The number of aryl methyl sites for hydroxylation is 2. The predicted octanol–water partition coefficient (Wildman–Crippen LogP) is 2.34. The van der Waals surface area contributed by atoms with E-state index in [4.69, 9.17) is 9.47 Å². The first kappa shape index (κ1) is 8.16. The van der Waals surface area contributed by atoms with E-state index in [1.54, 1.807) is 0 Å². The molecule has 0 unspecified atom stereocenters. The number of benzene rings is 1. The van der Waals surface area contributed by atoms with E-state index in [0.29, 0.717) is 0 Å². The average Bonchev–Trinajstić information content (AvgIpc) is 2.26. The number of ether oxygens (including phenoxy) is 2. The summed E-state index contributed by atoms with van der Waals surface area (Å²) in [6.07, 6.45) is 4.52. The van der Waals surface area contributed by atoms with Crippen molar-refractivity contribution in [1.82, 2.24) is 0 Å². The zero-order valence-corrected chi connectivity index (χ0v) is 8.21. The summed E-state index contributed by atoms with van der Waals surface area (Å²) in [4.78, 5) is 0. The maximum Gasteiger partial charge on any atom is 0.123 e. The maximum atomic E-state index is 5.63. The van der Waals surface area contributed by atoms with Crippen LogP contribution in [0.3, 0.4) is 0 Å². The number of fused-ring (bicyclic) bond motifs is 2. The fourth-order valence-electron chi connectivity index (χ4n) is 2.19. The highest BCUT2D eigenvalue weighted by Crippen LogP contribution is 2.34. The quantitative estimate of drug-likeness (QED) is 0.625. The van der Waals surface area contributed by atoms with Crippen LogP contribution in [0.5, 0.6) is 11.5 Å². The molecule has 2 nitrogen and oxygen atoms in total. The third kappa shape index (κ3) is 1.26. The summed E-state index contributed by atoms with van der Waals surface area (Å²) in [5.41, 5.74) is 2.63. The van der Waals surface area contributed by atoms with Gasteiger partial charge in [0.15, 0.2) is 0 Å². The number of hydrogen-bond donors (Lipinski definition) is 0. The Labute approximate surface area is 83.8 Å². The van der Waals surface area contributed by atoms with E-state index >= 15 is 0 Å². The summed E-state index contributed by atoms with van der Waals surface area (Å²) >= 11 is 0. The van der Waals surface area contributed by atoms with Gasteiger partial charge in [-0.1, -0.05) is 0 Å². The first-order valence-corrected chi connectivity index (χ1v) is 5.35. The van der Waals surface area contributed by atoms with Crippen LogP contribution in [0.4, 0.5) is 0 Å². The van der Waals surface area contributed by atoms with E-state index in [1.807, 2.05) is 0 Å². The molecule has 14 heavy (non-hydrogen) atoms. The summed E-state index contributed by atoms with van der Waals surface area (Å²) in [7, 11) is 0. The van der Waals surface area contributed by atoms with Crippen molar-refractivity contribution in [3.8, 4) is 11.5 Å². The summed E-state index contributed by atoms with van der Waals surface area (Å²) in [5, 5.41) is 0. The van der Waals surface area contributed by atoms with Gasteiger partial charge in [-0.3, -0.25) is 0 Å². The molecule has 1 aromatic carbocycles. The standard InChI is InChI=1S/C12H14O2/c1-3-9-7-12-10(4-2-6-14-12)8-11(9)13-5-1/h7-8H,1-6H2. The van der Waals surface area contributed by atoms with Crippen LogP contribution in [0.15, 0.2) is 12.1 Å². The maximum absolute atomic E-state index is 5.63. The van der Waals surface area contributed by atoms with Gasteiger partial charge < -0.3 is 9.47 Å². The first-order valence-electron chi connectivity index (χ1n) is 5.35. The van der Waals surface area contributed by atoms with Gasteiger partial charge in [-0.2, -0.15) is 0 Å². The monoisotopic (exact) mass is 190 g/mol. The molecule has 1 aromatic rings. The number of rotatable bonds is 0. The Morgan fingerprint density at radius 1 is 0.786 bits per heavy atom. The highest BCUT2D eigenvalue weighted by atomic mass is 16.5. The van der Waals surface area contributed by atoms with Crippen LogP contribution in [-0.2, 0) is 12.8 Å². The molecule has 3 rings (SSSR count). The van der Waals surface area contributed by atoms with Crippen LogP contribution in [0.2, 0.25) is 0 Å². The van der Waals surface area contributed by atoms with Crippen LogP contribution in [0, 0.1) is 0 Å². The molecule has 0 atom stereocenters. The molecule has 2 heterocycles. The molecule has 2 heteroatoms. The highest BCUT2D eigenvalue weighted by Gasteiger charge is 2.17. The minimum absolute atomic E-state index is 0.868. The Kier molecular flexibility index (Phi) is 1.86. The Balaban J connectivity index is 2.06. The van der Waals surface area contributed by atoms with Crippen molar-refractivity contribution in [2.75, 3.05) is 13.2 Å². The molecule has 0 bridgehead atoms. The molecule has 0 radical (unpaired) electrons. The smallest absolute Gasteiger partial charge is 0.123 e. The van der Waals surface area contributed by atoms with Gasteiger partial charge >= 0.3 is 0 Å². The molecule has 74 valence electrons. The Hall–Kier alpha value is -1.18. The normalized spacial score (nSPS) is 18.9. The van der Waals surface area contributed by atoms with Gasteiger partial charge in [-0.15, -0.1) is 0 Å². The SMILES string of the molecule is c1c2c(cc3c1OCCC3)OCCC2. The topological polar surface area (TPSA) is 18.5 Å². The summed E-state index contributed by atoms with van der Waals surface area (Å²) in [6.45, 7) is 1.74. The zero-order valence-electron chi connectivity index (χ0n) is 8.21. The van der Waals surface area contributed by atoms with Crippen molar-refractivity contribution in [2.45, 2.75) is 25.7 Å². The van der Waals surface area contributed by atoms with Gasteiger partial charge in [0.25, 0.3) is 0 Å². The molecule has 0 saturated heterocycles. The molecular formula is C12H14O2. The first-order chi connectivity index (χ1) is 6.93. The van der Waals surface area contributed by atoms with E-state index < -0.39 is 0 Å². The molecule has 0 aromatic heterocycles. The second kappa shape index (κ2) is 3.19. The minimum Gasteiger partial charge on any atom is -0.493 e. The van der Waals surface area contributed by atoms with Crippen molar-refractivity contribution < 1.29 is 9.47 Å². The van der Waals surface area contributed by atoms with Crippen LogP contribution in [0.1, 0.15) is 24.0 Å². The molecule has 0 spiro atoms. The lowest BCUT2D eigenvalue weighted by Crippen LogP contribution is -2.13. The lowest BCUT2D eigenvalue weighted by atomic mass is 9.99. The summed E-state index contributed by atoms with van der Waals surface area (Å²) in [6, 6.07) is 4.34. The fraction of sp³-hybridized carbons (Fsp3) is 0.500. The van der Waals surface area contributed by atoms with Crippen LogP contribution >= 0.6 is 0 Å². The Morgan fingerprint density at radius 2 is 1.29 bits per heavy atom.